The molecule has 0 saturated carbocycles. The van der Waals surface area contributed by atoms with Crippen LogP contribution in [0.3, 0.4) is 0 Å². The number of hydrogen-bond donors (Lipinski definition) is 0. The van der Waals surface area contributed by atoms with Crippen LogP contribution >= 0.6 is 0 Å². The molecule has 1 heterocycles. The average Bonchev–Trinajstić information content (AvgIpc) is 2.21. The van der Waals surface area contributed by atoms with Gasteiger partial charge in [-0.2, -0.15) is 0 Å². The summed E-state index contributed by atoms with van der Waals surface area (Å²) in [6, 6.07) is 0. The van der Waals surface area contributed by atoms with Gasteiger partial charge in [-0.15, -0.1) is 0 Å². The van der Waals surface area contributed by atoms with Crippen LogP contribution in [0.4, 0.5) is 0 Å². The lowest BCUT2D eigenvalue weighted by Crippen LogP contribution is -1.99. The fraction of sp³-hybridized carbons (Fsp3) is 0.636. The topological polar surface area (TPSA) is 25.8 Å². The molecule has 0 fully saturated rings. The smallest absolute Gasteiger partial charge is 0.115 e. The molecule has 0 unspecified atom stereocenters. The molecule has 0 aliphatic rings. The highest BCUT2D eigenvalue weighted by molar-refractivity contribution is 5.22. The summed E-state index contributed by atoms with van der Waals surface area (Å²) >= 11 is 0. The molecule has 74 valence electrons. The van der Waals surface area contributed by atoms with Gasteiger partial charge in [0.25, 0.3) is 0 Å². The average molecular weight is 180 g/mol. The predicted octanol–water partition coefficient (Wildman–Crippen LogP) is 2.94. The van der Waals surface area contributed by atoms with Crippen LogP contribution < -0.4 is 0 Å². The Hall–Kier alpha value is -0.920. The normalized spacial score (nSPS) is 9.00. The van der Waals surface area contributed by atoms with E-state index in [0.29, 0.717) is 0 Å². The van der Waals surface area contributed by atoms with Crippen LogP contribution in [-0.4, -0.2) is 9.97 Å². The van der Waals surface area contributed by atoms with Gasteiger partial charge in [0.2, 0.25) is 0 Å². The molecule has 0 bridgehead atoms. The molecule has 1 aromatic rings. The van der Waals surface area contributed by atoms with Crippen LogP contribution in [0.15, 0.2) is 6.33 Å². The van der Waals surface area contributed by atoms with Crippen molar-refractivity contribution in [2.24, 2.45) is 0 Å². The lowest BCUT2D eigenvalue weighted by atomic mass is 10.1. The van der Waals surface area contributed by atoms with Crippen LogP contribution in [0.25, 0.3) is 0 Å². The Bertz CT molecular complexity index is 222. The van der Waals surface area contributed by atoms with Crippen LogP contribution in [0.2, 0.25) is 0 Å². The number of nitrogens with zero attached hydrogens (tertiary/aromatic N) is 2. The monoisotopic (exact) mass is 180 g/mol. The van der Waals surface area contributed by atoms with E-state index in [4.69, 9.17) is 0 Å². The van der Waals surface area contributed by atoms with E-state index in [2.05, 4.69) is 30.7 Å². The summed E-state index contributed by atoms with van der Waals surface area (Å²) < 4.78 is 0. The minimum absolute atomic E-state index is 1.00. The summed E-state index contributed by atoms with van der Waals surface area (Å²) in [6.45, 7) is 10.3. The number of aromatic nitrogens is 2. The third kappa shape index (κ3) is 3.13. The van der Waals surface area contributed by atoms with Crippen molar-refractivity contribution in [1.82, 2.24) is 9.97 Å². The van der Waals surface area contributed by atoms with E-state index in [1.807, 2.05) is 13.8 Å². The Kier molecular flexibility index (Phi) is 6.11. The van der Waals surface area contributed by atoms with Crippen molar-refractivity contribution in [3.05, 3.63) is 23.3 Å². The van der Waals surface area contributed by atoms with Gasteiger partial charge in [0.15, 0.2) is 0 Å². The Balaban J connectivity index is 0.000000671. The molecule has 0 aliphatic heterocycles. The summed E-state index contributed by atoms with van der Waals surface area (Å²) in [4.78, 5) is 8.39. The molecule has 0 aliphatic carbocycles. The number of hydrogen-bond acceptors (Lipinski definition) is 2. The first kappa shape index (κ1) is 12.1. The first-order chi connectivity index (χ1) is 6.29. The van der Waals surface area contributed by atoms with Crippen molar-refractivity contribution in [3.63, 3.8) is 0 Å². The molecule has 0 radical (unpaired) electrons. The molecule has 0 spiro atoms. The third-order valence-corrected chi connectivity index (χ3v) is 1.96. The lowest BCUT2D eigenvalue weighted by Gasteiger charge is -2.04. The minimum Gasteiger partial charge on any atom is -0.241 e. The zero-order valence-electron chi connectivity index (χ0n) is 9.39. The Morgan fingerprint density at radius 2 is 1.38 bits per heavy atom. The number of rotatable bonds is 2. The molecule has 0 aromatic carbocycles. The fourth-order valence-electron chi connectivity index (χ4n) is 1.24. The van der Waals surface area contributed by atoms with E-state index in [1.54, 1.807) is 6.33 Å². The molecule has 2 heteroatoms. The van der Waals surface area contributed by atoms with Crippen molar-refractivity contribution in [3.8, 4) is 0 Å². The Labute approximate surface area is 81.4 Å². The van der Waals surface area contributed by atoms with E-state index in [-0.39, 0.29) is 0 Å². The quantitative estimate of drug-likeness (QED) is 0.699. The summed E-state index contributed by atoms with van der Waals surface area (Å²) in [5.41, 5.74) is 3.62. The van der Waals surface area contributed by atoms with Crippen molar-refractivity contribution >= 4 is 0 Å². The van der Waals surface area contributed by atoms with Gasteiger partial charge in [0.1, 0.15) is 6.33 Å². The molecule has 0 saturated heterocycles. The van der Waals surface area contributed by atoms with Gasteiger partial charge in [0.05, 0.1) is 0 Å². The van der Waals surface area contributed by atoms with Gasteiger partial charge in [-0.05, 0) is 25.3 Å². The van der Waals surface area contributed by atoms with Gasteiger partial charge in [-0.3, -0.25) is 0 Å². The van der Waals surface area contributed by atoms with Crippen LogP contribution in [0.1, 0.15) is 44.6 Å². The standard InChI is InChI=1S/C9H14N2.C2H6/c1-4-8-7(3)9(5-2)11-6-10-8;1-2/h6H,4-5H2,1-3H3;1-2H3. The molecule has 2 nitrogen and oxygen atoms in total. The zero-order valence-corrected chi connectivity index (χ0v) is 9.39. The minimum atomic E-state index is 1.00. The maximum atomic E-state index is 4.19. The molecule has 0 atom stereocenters. The van der Waals surface area contributed by atoms with Gasteiger partial charge in [-0.1, -0.05) is 27.7 Å². The highest BCUT2D eigenvalue weighted by atomic mass is 14.8. The molecule has 0 N–H and O–H groups in total. The van der Waals surface area contributed by atoms with E-state index in [1.165, 1.54) is 17.0 Å². The van der Waals surface area contributed by atoms with Gasteiger partial charge in [-0.25, -0.2) is 9.97 Å². The summed E-state index contributed by atoms with van der Waals surface area (Å²) in [6.07, 6.45) is 3.66. The SMILES string of the molecule is CC.CCc1ncnc(CC)c1C. The van der Waals surface area contributed by atoms with Crippen LogP contribution in [0.5, 0.6) is 0 Å². The highest BCUT2D eigenvalue weighted by Crippen LogP contribution is 2.08. The Morgan fingerprint density at radius 1 is 1.00 bits per heavy atom. The second-order valence-corrected chi connectivity index (χ2v) is 2.60. The lowest BCUT2D eigenvalue weighted by molar-refractivity contribution is 0.905. The third-order valence-electron chi connectivity index (χ3n) is 1.96. The van der Waals surface area contributed by atoms with Gasteiger partial charge >= 0.3 is 0 Å². The van der Waals surface area contributed by atoms with Crippen molar-refractivity contribution in [2.75, 3.05) is 0 Å². The van der Waals surface area contributed by atoms with Gasteiger partial charge < -0.3 is 0 Å². The molecule has 1 aromatic heterocycles. The predicted molar refractivity (Wildman–Crippen MR) is 56.9 cm³/mol. The fourth-order valence-corrected chi connectivity index (χ4v) is 1.24. The van der Waals surface area contributed by atoms with E-state index in [0.717, 1.165) is 12.8 Å². The molecular weight excluding hydrogens is 160 g/mol. The highest BCUT2D eigenvalue weighted by Gasteiger charge is 2.01. The van der Waals surface area contributed by atoms with Crippen molar-refractivity contribution in [1.29, 1.82) is 0 Å². The maximum Gasteiger partial charge on any atom is 0.115 e. The molecule has 1 rings (SSSR count). The van der Waals surface area contributed by atoms with Gasteiger partial charge in [0, 0.05) is 11.4 Å². The van der Waals surface area contributed by atoms with E-state index >= 15 is 0 Å². The van der Waals surface area contributed by atoms with Crippen LogP contribution in [-0.2, 0) is 12.8 Å². The first-order valence-corrected chi connectivity index (χ1v) is 5.08. The van der Waals surface area contributed by atoms with Crippen molar-refractivity contribution in [2.45, 2.75) is 47.5 Å². The molecule has 13 heavy (non-hydrogen) atoms. The van der Waals surface area contributed by atoms with E-state index in [9.17, 15) is 0 Å². The molecule has 0 amide bonds. The second kappa shape index (κ2) is 6.58. The number of aryl methyl sites for hydroxylation is 2. The van der Waals surface area contributed by atoms with Crippen molar-refractivity contribution < 1.29 is 0 Å². The summed E-state index contributed by atoms with van der Waals surface area (Å²) in [5, 5.41) is 0. The van der Waals surface area contributed by atoms with Crippen LogP contribution in [0, 0.1) is 6.92 Å². The summed E-state index contributed by atoms with van der Waals surface area (Å²) in [7, 11) is 0. The molecular formula is C11H20N2. The maximum absolute atomic E-state index is 4.19. The largest absolute Gasteiger partial charge is 0.241 e. The second-order valence-electron chi connectivity index (χ2n) is 2.60. The van der Waals surface area contributed by atoms with E-state index < -0.39 is 0 Å². The zero-order chi connectivity index (χ0) is 10.3. The Morgan fingerprint density at radius 3 is 1.69 bits per heavy atom. The first-order valence-electron chi connectivity index (χ1n) is 5.08. The summed E-state index contributed by atoms with van der Waals surface area (Å²) in [5.74, 6) is 0.